The molecule has 0 aliphatic rings. The summed E-state index contributed by atoms with van der Waals surface area (Å²) < 4.78 is 16.1. The Morgan fingerprint density at radius 2 is 2.20 bits per heavy atom. The van der Waals surface area contributed by atoms with E-state index in [4.69, 9.17) is 9.15 Å². The second-order valence-corrected chi connectivity index (χ2v) is 5.76. The third-order valence-electron chi connectivity index (χ3n) is 3.16. The summed E-state index contributed by atoms with van der Waals surface area (Å²) in [6.07, 6.45) is 0.641. The van der Waals surface area contributed by atoms with Crippen molar-refractivity contribution < 1.29 is 28.3 Å². The van der Waals surface area contributed by atoms with Crippen molar-refractivity contribution >= 4 is 45.3 Å². The minimum atomic E-state index is -0.722. The summed E-state index contributed by atoms with van der Waals surface area (Å²) in [5.41, 5.74) is 0.332. The number of carbonyl (C=O) groups excluding carboxylic acids is 3. The van der Waals surface area contributed by atoms with E-state index in [1.165, 1.54) is 25.5 Å². The van der Waals surface area contributed by atoms with Crippen LogP contribution in [0.5, 0.6) is 0 Å². The molecule has 130 valence electrons. The Morgan fingerprint density at radius 3 is 2.84 bits per heavy atom. The van der Waals surface area contributed by atoms with Crippen LogP contribution >= 0.6 is 11.3 Å². The largest absolute Gasteiger partial charge is 0.465 e. The predicted molar refractivity (Wildman–Crippen MR) is 88.0 cm³/mol. The molecule has 3 rings (SSSR count). The average molecular weight is 363 g/mol. The van der Waals surface area contributed by atoms with E-state index in [1.54, 1.807) is 13.0 Å². The summed E-state index contributed by atoms with van der Waals surface area (Å²) in [6.45, 7) is 1.81. The number of hydrogen-bond donors (Lipinski definition) is 1. The molecular formula is C15H13N3O6S. The van der Waals surface area contributed by atoms with Crippen LogP contribution in [0, 0.1) is 0 Å². The fourth-order valence-corrected chi connectivity index (χ4v) is 3.09. The minimum Gasteiger partial charge on any atom is -0.465 e. The molecule has 0 fully saturated rings. The van der Waals surface area contributed by atoms with E-state index in [0.717, 1.165) is 16.0 Å². The maximum absolute atomic E-state index is 12.2. The summed E-state index contributed by atoms with van der Waals surface area (Å²) >= 11 is 1.04. The molecule has 1 amide bonds. The third kappa shape index (κ3) is 3.11. The van der Waals surface area contributed by atoms with Gasteiger partial charge in [-0.15, -0.1) is 16.4 Å². The smallest absolute Gasteiger partial charge is 0.435 e. The fourth-order valence-electron chi connectivity index (χ4n) is 2.09. The van der Waals surface area contributed by atoms with Crippen LogP contribution in [0.2, 0.25) is 0 Å². The van der Waals surface area contributed by atoms with Crippen molar-refractivity contribution in [1.82, 2.24) is 9.78 Å². The number of furan rings is 1. The first-order chi connectivity index (χ1) is 12.0. The van der Waals surface area contributed by atoms with Crippen LogP contribution in [-0.2, 0) is 9.47 Å². The molecule has 0 saturated carbocycles. The van der Waals surface area contributed by atoms with Gasteiger partial charge in [-0.2, -0.15) is 4.68 Å². The highest BCUT2D eigenvalue weighted by Gasteiger charge is 2.24. The van der Waals surface area contributed by atoms with Crippen molar-refractivity contribution in [1.29, 1.82) is 0 Å². The number of rotatable bonds is 4. The molecule has 3 heterocycles. The number of anilines is 1. The molecule has 9 nitrogen and oxygen atoms in total. The van der Waals surface area contributed by atoms with Gasteiger partial charge < -0.3 is 19.2 Å². The van der Waals surface area contributed by atoms with Crippen molar-refractivity contribution in [2.45, 2.75) is 6.92 Å². The van der Waals surface area contributed by atoms with E-state index in [1.807, 2.05) is 0 Å². The van der Waals surface area contributed by atoms with Gasteiger partial charge in [-0.3, -0.25) is 4.79 Å². The van der Waals surface area contributed by atoms with E-state index in [0.29, 0.717) is 10.2 Å². The lowest BCUT2D eigenvalue weighted by Crippen LogP contribution is -2.16. The van der Waals surface area contributed by atoms with E-state index in [-0.39, 0.29) is 23.1 Å². The Bertz CT molecular complexity index is 940. The zero-order valence-corrected chi connectivity index (χ0v) is 14.1. The number of fused-ring (bicyclic) bond motifs is 1. The summed E-state index contributed by atoms with van der Waals surface area (Å²) in [7, 11) is 1.25. The fraction of sp³-hybridized carbons (Fsp3) is 0.200. The number of carbonyl (C=O) groups is 3. The van der Waals surface area contributed by atoms with E-state index in [9.17, 15) is 14.4 Å². The van der Waals surface area contributed by atoms with Crippen LogP contribution < -0.4 is 5.32 Å². The number of methoxy groups -OCH3 is 1. The second kappa shape index (κ2) is 6.77. The van der Waals surface area contributed by atoms with Crippen molar-refractivity contribution in [3.63, 3.8) is 0 Å². The van der Waals surface area contributed by atoms with Crippen molar-refractivity contribution in [3.8, 4) is 0 Å². The zero-order chi connectivity index (χ0) is 18.0. The van der Waals surface area contributed by atoms with Gasteiger partial charge in [0, 0.05) is 0 Å². The van der Waals surface area contributed by atoms with Gasteiger partial charge >= 0.3 is 12.1 Å². The first-order valence-corrected chi connectivity index (χ1v) is 7.99. The molecular weight excluding hydrogens is 350 g/mol. The van der Waals surface area contributed by atoms with Crippen molar-refractivity contribution in [3.05, 3.63) is 35.1 Å². The SMILES string of the molecule is CCOC(=O)n1nc(NC(=O)c2ccco2)c2sc(C(=O)OC)cc21. The van der Waals surface area contributed by atoms with Crippen LogP contribution in [0.1, 0.15) is 27.2 Å². The van der Waals surface area contributed by atoms with Crippen LogP contribution in [0.3, 0.4) is 0 Å². The molecule has 10 heteroatoms. The molecule has 0 radical (unpaired) electrons. The normalized spacial score (nSPS) is 10.6. The van der Waals surface area contributed by atoms with Crippen LogP contribution in [0.15, 0.2) is 28.9 Å². The molecule has 1 N–H and O–H groups in total. The predicted octanol–water partition coefficient (Wildman–Crippen LogP) is 2.73. The lowest BCUT2D eigenvalue weighted by Gasteiger charge is -2.01. The first kappa shape index (κ1) is 16.7. The quantitative estimate of drug-likeness (QED) is 0.709. The van der Waals surface area contributed by atoms with Gasteiger partial charge in [0.1, 0.15) is 4.88 Å². The lowest BCUT2D eigenvalue weighted by atomic mass is 10.4. The number of thiophene rings is 1. The van der Waals surface area contributed by atoms with Crippen molar-refractivity contribution in [2.75, 3.05) is 19.0 Å². The van der Waals surface area contributed by atoms with Gasteiger partial charge in [0.25, 0.3) is 5.91 Å². The Balaban J connectivity index is 2.04. The molecule has 0 aliphatic heterocycles. The average Bonchev–Trinajstić information content (AvgIpc) is 3.31. The summed E-state index contributed by atoms with van der Waals surface area (Å²) in [5, 5.41) is 6.63. The number of amides is 1. The van der Waals surface area contributed by atoms with Gasteiger partial charge in [0.05, 0.1) is 30.2 Å². The zero-order valence-electron chi connectivity index (χ0n) is 13.3. The van der Waals surface area contributed by atoms with Crippen LogP contribution in [0.25, 0.3) is 10.2 Å². The maximum Gasteiger partial charge on any atom is 0.435 e. The minimum absolute atomic E-state index is 0.0867. The van der Waals surface area contributed by atoms with Gasteiger partial charge in [0.2, 0.25) is 0 Å². The topological polar surface area (TPSA) is 113 Å². The van der Waals surface area contributed by atoms with Gasteiger partial charge in [0.15, 0.2) is 11.6 Å². The van der Waals surface area contributed by atoms with Gasteiger partial charge in [-0.1, -0.05) is 0 Å². The molecule has 0 aliphatic carbocycles. The van der Waals surface area contributed by atoms with Gasteiger partial charge in [-0.25, -0.2) is 9.59 Å². The van der Waals surface area contributed by atoms with Crippen LogP contribution in [0.4, 0.5) is 10.6 Å². The highest BCUT2D eigenvalue weighted by molar-refractivity contribution is 7.21. The molecule has 0 atom stereocenters. The number of nitrogens with one attached hydrogen (secondary N) is 1. The lowest BCUT2D eigenvalue weighted by molar-refractivity contribution is 0.0606. The van der Waals surface area contributed by atoms with E-state index in [2.05, 4.69) is 15.2 Å². The molecule has 3 aromatic heterocycles. The van der Waals surface area contributed by atoms with E-state index < -0.39 is 18.0 Å². The molecule has 0 saturated heterocycles. The second-order valence-electron chi connectivity index (χ2n) is 4.71. The highest BCUT2D eigenvalue weighted by atomic mass is 32.1. The molecule has 0 unspecified atom stereocenters. The first-order valence-electron chi connectivity index (χ1n) is 7.18. The van der Waals surface area contributed by atoms with E-state index >= 15 is 0 Å². The standard InChI is InChI=1S/C15H13N3O6S/c1-3-23-15(21)18-8-7-10(14(20)22-2)25-11(8)12(17-18)16-13(19)9-5-4-6-24-9/h4-7H,3H2,1-2H3,(H,16,17,19). The highest BCUT2D eigenvalue weighted by Crippen LogP contribution is 2.32. The summed E-state index contributed by atoms with van der Waals surface area (Å²) in [5.74, 6) is -0.887. The summed E-state index contributed by atoms with van der Waals surface area (Å²) in [4.78, 5) is 36.2. The monoisotopic (exact) mass is 363 g/mol. The van der Waals surface area contributed by atoms with Crippen molar-refractivity contribution in [2.24, 2.45) is 0 Å². The molecule has 3 aromatic rings. The third-order valence-corrected chi connectivity index (χ3v) is 4.27. The Morgan fingerprint density at radius 1 is 1.40 bits per heavy atom. The number of ether oxygens (including phenoxy) is 2. The number of esters is 1. The van der Waals surface area contributed by atoms with Crippen LogP contribution in [-0.4, -0.2) is 41.5 Å². The Labute approximate surface area is 145 Å². The molecule has 0 spiro atoms. The number of nitrogens with zero attached hydrogens (tertiary/aromatic N) is 2. The molecule has 0 bridgehead atoms. The summed E-state index contributed by atoms with van der Waals surface area (Å²) in [6, 6.07) is 4.52. The molecule has 25 heavy (non-hydrogen) atoms. The number of aromatic nitrogens is 2. The Kier molecular flexibility index (Phi) is 4.52. The molecule has 0 aromatic carbocycles. The maximum atomic E-state index is 12.2. The Hall–Kier alpha value is -3.14. The van der Waals surface area contributed by atoms with Gasteiger partial charge in [-0.05, 0) is 25.1 Å². The number of hydrogen-bond acceptors (Lipinski definition) is 8.